The number of likely N-dealkylation sites (tertiary alicyclic amines) is 1. The summed E-state index contributed by atoms with van der Waals surface area (Å²) in [7, 11) is 0. The summed E-state index contributed by atoms with van der Waals surface area (Å²) < 4.78 is 5.42. The minimum atomic E-state index is -0.829. The lowest BCUT2D eigenvalue weighted by Gasteiger charge is -2.52. The standard InChI is InChI=1S/C32H44N4O4.ClH/c1-3-12-27(33-31(39)40-24-26-15-9-6-10-16-26)28-29(37)36(20-4-2)32(30(38)34-28)18-22-35(23-19-32)21-11-17-25-13-7-5-8-14-25;/h5-10,13-16,27-28H,3-4,11-12,17-24H2,1-2H3,(H,33,39)(H,34,38);1H/t27-,28-;/m0./s1. The summed E-state index contributed by atoms with van der Waals surface area (Å²) in [4.78, 5) is 44.6. The van der Waals surface area contributed by atoms with E-state index in [9.17, 15) is 14.4 Å². The fraction of sp³-hybridized carbons (Fsp3) is 0.531. The van der Waals surface area contributed by atoms with Crippen LogP contribution in [0, 0.1) is 0 Å². The fourth-order valence-electron chi connectivity index (χ4n) is 6.00. The van der Waals surface area contributed by atoms with Crippen LogP contribution in [-0.2, 0) is 27.4 Å². The smallest absolute Gasteiger partial charge is 0.407 e. The molecule has 2 heterocycles. The third kappa shape index (κ3) is 8.23. The first kappa shape index (κ1) is 32.4. The molecule has 224 valence electrons. The van der Waals surface area contributed by atoms with E-state index in [0.29, 0.717) is 25.8 Å². The van der Waals surface area contributed by atoms with Crippen LogP contribution in [0.3, 0.4) is 0 Å². The van der Waals surface area contributed by atoms with Crippen molar-refractivity contribution in [2.45, 2.75) is 83.0 Å². The van der Waals surface area contributed by atoms with Crippen molar-refractivity contribution in [2.75, 3.05) is 26.2 Å². The molecule has 2 N–H and O–H groups in total. The molecule has 2 aromatic rings. The summed E-state index contributed by atoms with van der Waals surface area (Å²) in [5.74, 6) is -0.212. The first-order valence-corrected chi connectivity index (χ1v) is 14.8. The normalized spacial score (nSPS) is 19.3. The first-order chi connectivity index (χ1) is 19.5. The molecule has 2 saturated heterocycles. The number of hydrogen-bond acceptors (Lipinski definition) is 5. The molecule has 41 heavy (non-hydrogen) atoms. The molecule has 2 fully saturated rings. The molecule has 0 unspecified atom stereocenters. The summed E-state index contributed by atoms with van der Waals surface area (Å²) in [6, 6.07) is 18.6. The number of halogens is 1. The van der Waals surface area contributed by atoms with Gasteiger partial charge in [-0.25, -0.2) is 4.79 Å². The topological polar surface area (TPSA) is 91.0 Å². The Balaban J connectivity index is 0.00000462. The third-order valence-corrected chi connectivity index (χ3v) is 8.19. The molecule has 0 aliphatic carbocycles. The van der Waals surface area contributed by atoms with Crippen LogP contribution in [0.15, 0.2) is 60.7 Å². The second kappa shape index (κ2) is 15.8. The molecule has 8 nitrogen and oxygen atoms in total. The number of piperazine rings is 1. The van der Waals surface area contributed by atoms with Crippen LogP contribution in [0.25, 0.3) is 0 Å². The number of carbonyl (C=O) groups is 3. The second-order valence-corrected chi connectivity index (χ2v) is 11.0. The number of nitrogens with one attached hydrogen (secondary N) is 2. The molecule has 2 atom stereocenters. The number of carbonyl (C=O) groups excluding carboxylic acids is 3. The monoisotopic (exact) mass is 584 g/mol. The molecule has 2 aliphatic heterocycles. The summed E-state index contributed by atoms with van der Waals surface area (Å²) in [5, 5.41) is 5.91. The number of rotatable bonds is 12. The van der Waals surface area contributed by atoms with Crippen LogP contribution in [0.5, 0.6) is 0 Å². The Labute approximate surface area is 250 Å². The van der Waals surface area contributed by atoms with Gasteiger partial charge in [0.25, 0.3) is 0 Å². The van der Waals surface area contributed by atoms with Gasteiger partial charge in [-0.3, -0.25) is 9.59 Å². The lowest BCUT2D eigenvalue weighted by molar-refractivity contribution is -0.162. The van der Waals surface area contributed by atoms with E-state index in [4.69, 9.17) is 4.74 Å². The minimum Gasteiger partial charge on any atom is -0.445 e. The van der Waals surface area contributed by atoms with Crippen molar-refractivity contribution in [3.05, 3.63) is 71.8 Å². The lowest BCUT2D eigenvalue weighted by atomic mass is 9.80. The number of amides is 3. The molecule has 3 amide bonds. The van der Waals surface area contributed by atoms with Gasteiger partial charge in [0.05, 0.1) is 6.04 Å². The van der Waals surface area contributed by atoms with Crippen molar-refractivity contribution in [1.29, 1.82) is 0 Å². The molecule has 2 aromatic carbocycles. The zero-order chi connectivity index (χ0) is 28.4. The Morgan fingerprint density at radius 2 is 1.61 bits per heavy atom. The van der Waals surface area contributed by atoms with Crippen molar-refractivity contribution in [2.24, 2.45) is 0 Å². The number of nitrogens with zero attached hydrogens (tertiary/aromatic N) is 2. The van der Waals surface area contributed by atoms with Gasteiger partial charge in [-0.15, -0.1) is 12.4 Å². The Morgan fingerprint density at radius 3 is 2.22 bits per heavy atom. The Kier molecular flexibility index (Phi) is 12.5. The number of aryl methyl sites for hydroxylation is 1. The number of ether oxygens (including phenoxy) is 1. The van der Waals surface area contributed by atoms with Crippen molar-refractivity contribution in [1.82, 2.24) is 20.4 Å². The third-order valence-electron chi connectivity index (χ3n) is 8.19. The van der Waals surface area contributed by atoms with Crippen LogP contribution < -0.4 is 10.6 Å². The molecule has 0 bridgehead atoms. The molecular formula is C32H45ClN4O4. The van der Waals surface area contributed by atoms with Crippen LogP contribution >= 0.6 is 12.4 Å². The summed E-state index contributed by atoms with van der Waals surface area (Å²) in [6.07, 6.45) is 4.81. The molecule has 9 heteroatoms. The summed E-state index contributed by atoms with van der Waals surface area (Å²) in [5.41, 5.74) is 1.39. The van der Waals surface area contributed by atoms with Crippen LogP contribution in [0.2, 0.25) is 0 Å². The highest BCUT2D eigenvalue weighted by Gasteiger charge is 2.54. The number of benzene rings is 2. The molecule has 0 aromatic heterocycles. The summed E-state index contributed by atoms with van der Waals surface area (Å²) in [6.45, 7) is 7.23. The highest BCUT2D eigenvalue weighted by molar-refractivity contribution is 6.00. The number of hydrogen-bond donors (Lipinski definition) is 2. The largest absolute Gasteiger partial charge is 0.445 e. The van der Waals surface area contributed by atoms with Gasteiger partial charge in [0, 0.05) is 19.6 Å². The zero-order valence-electron chi connectivity index (χ0n) is 24.3. The van der Waals surface area contributed by atoms with Gasteiger partial charge in [0.15, 0.2) is 0 Å². The van der Waals surface area contributed by atoms with E-state index in [1.165, 1.54) is 5.56 Å². The van der Waals surface area contributed by atoms with Gasteiger partial charge in [-0.1, -0.05) is 80.9 Å². The predicted molar refractivity (Wildman–Crippen MR) is 163 cm³/mol. The maximum atomic E-state index is 13.9. The van der Waals surface area contributed by atoms with Crippen LogP contribution in [0.4, 0.5) is 4.79 Å². The van der Waals surface area contributed by atoms with E-state index in [0.717, 1.165) is 50.9 Å². The van der Waals surface area contributed by atoms with Gasteiger partial charge in [0.2, 0.25) is 11.8 Å². The van der Waals surface area contributed by atoms with E-state index in [2.05, 4.69) is 39.8 Å². The minimum absolute atomic E-state index is 0. The van der Waals surface area contributed by atoms with Crippen molar-refractivity contribution >= 4 is 30.3 Å². The van der Waals surface area contributed by atoms with Gasteiger partial charge in [-0.2, -0.15) is 0 Å². The van der Waals surface area contributed by atoms with Crippen molar-refractivity contribution < 1.29 is 19.1 Å². The maximum Gasteiger partial charge on any atom is 0.407 e. The van der Waals surface area contributed by atoms with Crippen LogP contribution in [0.1, 0.15) is 63.5 Å². The van der Waals surface area contributed by atoms with Crippen LogP contribution in [-0.4, -0.2) is 71.5 Å². The Bertz CT molecular complexity index is 1110. The predicted octanol–water partition coefficient (Wildman–Crippen LogP) is 4.71. The Morgan fingerprint density at radius 1 is 0.976 bits per heavy atom. The van der Waals surface area contributed by atoms with Gasteiger partial charge in [0.1, 0.15) is 18.2 Å². The highest BCUT2D eigenvalue weighted by atomic mass is 35.5. The molecule has 2 aliphatic rings. The van der Waals surface area contributed by atoms with Crippen molar-refractivity contribution in [3.8, 4) is 0 Å². The first-order valence-electron chi connectivity index (χ1n) is 14.8. The molecular weight excluding hydrogens is 540 g/mol. The second-order valence-electron chi connectivity index (χ2n) is 11.0. The van der Waals surface area contributed by atoms with Gasteiger partial charge < -0.3 is 25.2 Å². The number of piperidine rings is 1. The molecule has 0 radical (unpaired) electrons. The highest BCUT2D eigenvalue weighted by Crippen LogP contribution is 2.34. The van der Waals surface area contributed by atoms with E-state index < -0.39 is 23.7 Å². The van der Waals surface area contributed by atoms with Gasteiger partial charge >= 0.3 is 6.09 Å². The van der Waals surface area contributed by atoms with Gasteiger partial charge in [-0.05, 0) is 56.2 Å². The van der Waals surface area contributed by atoms with E-state index in [1.54, 1.807) is 0 Å². The van der Waals surface area contributed by atoms with E-state index >= 15 is 0 Å². The Hall–Kier alpha value is -3.10. The molecule has 4 rings (SSSR count). The molecule has 0 saturated carbocycles. The fourth-order valence-corrected chi connectivity index (χ4v) is 6.00. The lowest BCUT2D eigenvalue weighted by Crippen LogP contribution is -2.75. The number of alkyl carbamates (subject to hydrolysis) is 1. The quantitative estimate of drug-likeness (QED) is 0.377. The van der Waals surface area contributed by atoms with E-state index in [-0.39, 0.29) is 30.8 Å². The zero-order valence-corrected chi connectivity index (χ0v) is 25.2. The summed E-state index contributed by atoms with van der Waals surface area (Å²) >= 11 is 0. The van der Waals surface area contributed by atoms with E-state index in [1.807, 2.05) is 55.1 Å². The maximum absolute atomic E-state index is 13.9. The SMILES string of the molecule is CCC[C@H](NC(=O)OCc1ccccc1)[C@@H]1NC(=O)C2(CCN(CCCc3ccccc3)CC2)N(CCC)C1=O.Cl. The molecule has 1 spiro atoms. The average Bonchev–Trinajstić information content (AvgIpc) is 2.98. The van der Waals surface area contributed by atoms with Crippen molar-refractivity contribution in [3.63, 3.8) is 0 Å². The average molecular weight is 585 g/mol.